The highest BCUT2D eigenvalue weighted by atomic mass is 32.2. The lowest BCUT2D eigenvalue weighted by Crippen LogP contribution is -2.28. The average molecular weight is 462 g/mol. The minimum absolute atomic E-state index is 0.0111. The Hall–Kier alpha value is -2.98. The Kier molecular flexibility index (Phi) is 5.91. The Morgan fingerprint density at radius 1 is 1.34 bits per heavy atom. The third-order valence-electron chi connectivity index (χ3n) is 5.46. The lowest BCUT2D eigenvalue weighted by atomic mass is 9.99. The first-order chi connectivity index (χ1) is 15.2. The molecule has 4 rings (SSSR count). The minimum atomic E-state index is -3.89. The van der Waals surface area contributed by atoms with Gasteiger partial charge < -0.3 is 14.4 Å². The number of pyridine rings is 1. The van der Waals surface area contributed by atoms with E-state index in [1.807, 2.05) is 6.07 Å². The molecule has 3 heterocycles. The molecule has 1 saturated heterocycles. The molecule has 1 unspecified atom stereocenters. The first-order valence-corrected chi connectivity index (χ1v) is 11.7. The standard InChI is InChI=1S/C22H24FN3O5S/c1-14(2)31-20-6-5-16(10-19(20)23)32(29,30)26-9-7-15(11-26)18-12-25(13-21(27)28)22-17(18)4-3-8-24-22/h3-6,8,10,12,14-15H,7,9,11,13H2,1-2H3,(H,27,28). The number of rotatable bonds is 7. The van der Waals surface area contributed by atoms with Gasteiger partial charge in [-0.15, -0.1) is 0 Å². The van der Waals surface area contributed by atoms with Gasteiger partial charge in [0.25, 0.3) is 0 Å². The number of carbonyl (C=O) groups is 1. The molecule has 0 radical (unpaired) electrons. The SMILES string of the molecule is CC(C)Oc1ccc(S(=O)(=O)N2CCC(c3cn(CC(=O)O)c4ncccc34)C2)cc1F. The fourth-order valence-electron chi connectivity index (χ4n) is 4.08. The van der Waals surface area contributed by atoms with Gasteiger partial charge >= 0.3 is 5.97 Å². The van der Waals surface area contributed by atoms with Crippen LogP contribution in [-0.4, -0.2) is 52.5 Å². The third kappa shape index (κ3) is 4.20. The van der Waals surface area contributed by atoms with E-state index in [1.165, 1.54) is 16.4 Å². The Labute approximate surface area is 185 Å². The smallest absolute Gasteiger partial charge is 0.323 e. The van der Waals surface area contributed by atoms with Crippen LogP contribution in [0.3, 0.4) is 0 Å². The van der Waals surface area contributed by atoms with Crippen molar-refractivity contribution in [3.8, 4) is 5.75 Å². The largest absolute Gasteiger partial charge is 0.488 e. The summed E-state index contributed by atoms with van der Waals surface area (Å²) in [4.78, 5) is 15.4. The lowest BCUT2D eigenvalue weighted by molar-refractivity contribution is -0.137. The van der Waals surface area contributed by atoms with Crippen molar-refractivity contribution < 1.29 is 27.4 Å². The van der Waals surface area contributed by atoms with Crippen LogP contribution >= 0.6 is 0 Å². The molecule has 0 spiro atoms. The van der Waals surface area contributed by atoms with Crippen LogP contribution in [0.4, 0.5) is 4.39 Å². The van der Waals surface area contributed by atoms with Crippen LogP contribution in [-0.2, 0) is 21.4 Å². The molecule has 1 fully saturated rings. The van der Waals surface area contributed by atoms with Crippen molar-refractivity contribution in [1.82, 2.24) is 13.9 Å². The predicted octanol–water partition coefficient (Wildman–Crippen LogP) is 3.23. The van der Waals surface area contributed by atoms with Gasteiger partial charge in [0.15, 0.2) is 11.6 Å². The highest BCUT2D eigenvalue weighted by Gasteiger charge is 2.35. The van der Waals surface area contributed by atoms with Crippen molar-refractivity contribution in [2.24, 2.45) is 0 Å². The summed E-state index contributed by atoms with van der Waals surface area (Å²) in [6, 6.07) is 7.30. The predicted molar refractivity (Wildman–Crippen MR) is 116 cm³/mol. The summed E-state index contributed by atoms with van der Waals surface area (Å²) in [6.45, 7) is 3.79. The van der Waals surface area contributed by atoms with Gasteiger partial charge in [0.05, 0.1) is 11.0 Å². The second-order valence-corrected chi connectivity index (χ2v) is 10.0. The van der Waals surface area contributed by atoms with Gasteiger partial charge in [-0.2, -0.15) is 4.31 Å². The number of carboxylic acids is 1. The van der Waals surface area contributed by atoms with Crippen LogP contribution in [0.1, 0.15) is 31.7 Å². The number of benzene rings is 1. The number of hydrogen-bond acceptors (Lipinski definition) is 5. The molecular weight excluding hydrogens is 437 g/mol. The molecule has 32 heavy (non-hydrogen) atoms. The molecule has 3 aromatic rings. The number of carboxylic acid groups (broad SMARTS) is 1. The number of fused-ring (bicyclic) bond motifs is 1. The Morgan fingerprint density at radius 3 is 2.81 bits per heavy atom. The van der Waals surface area contributed by atoms with E-state index >= 15 is 0 Å². The van der Waals surface area contributed by atoms with E-state index < -0.39 is 21.8 Å². The second-order valence-electron chi connectivity index (χ2n) is 8.09. The van der Waals surface area contributed by atoms with E-state index in [2.05, 4.69) is 4.98 Å². The van der Waals surface area contributed by atoms with E-state index in [0.717, 1.165) is 17.0 Å². The average Bonchev–Trinajstić information content (AvgIpc) is 3.35. The molecule has 170 valence electrons. The van der Waals surface area contributed by atoms with Gasteiger partial charge in [0.2, 0.25) is 10.0 Å². The summed E-state index contributed by atoms with van der Waals surface area (Å²) in [6.07, 6.45) is 3.67. The topological polar surface area (TPSA) is 102 Å². The molecule has 0 bridgehead atoms. The van der Waals surface area contributed by atoms with Gasteiger partial charge in [-0.3, -0.25) is 4.79 Å². The van der Waals surface area contributed by atoms with Crippen molar-refractivity contribution in [1.29, 1.82) is 0 Å². The molecule has 1 aliphatic heterocycles. The third-order valence-corrected chi connectivity index (χ3v) is 7.33. The van der Waals surface area contributed by atoms with Crippen LogP contribution < -0.4 is 4.74 Å². The van der Waals surface area contributed by atoms with E-state index in [-0.39, 0.29) is 42.3 Å². The van der Waals surface area contributed by atoms with Crippen molar-refractivity contribution >= 4 is 27.0 Å². The number of halogens is 1. The first-order valence-electron chi connectivity index (χ1n) is 10.3. The molecule has 1 atom stereocenters. The van der Waals surface area contributed by atoms with E-state index in [4.69, 9.17) is 4.74 Å². The Balaban J connectivity index is 1.60. The second kappa shape index (κ2) is 8.51. The number of aliphatic carboxylic acids is 1. The van der Waals surface area contributed by atoms with E-state index in [0.29, 0.717) is 12.1 Å². The zero-order valence-corrected chi connectivity index (χ0v) is 18.5. The fourth-order valence-corrected chi connectivity index (χ4v) is 5.59. The summed E-state index contributed by atoms with van der Waals surface area (Å²) in [5.74, 6) is -1.82. The van der Waals surface area contributed by atoms with E-state index in [1.54, 1.807) is 36.9 Å². The number of hydrogen-bond donors (Lipinski definition) is 1. The number of aromatic nitrogens is 2. The maximum atomic E-state index is 14.4. The van der Waals surface area contributed by atoms with Gasteiger partial charge in [0, 0.05) is 36.8 Å². The molecule has 0 amide bonds. The van der Waals surface area contributed by atoms with Crippen LogP contribution in [0.15, 0.2) is 47.6 Å². The summed E-state index contributed by atoms with van der Waals surface area (Å²) in [7, 11) is -3.89. The van der Waals surface area contributed by atoms with E-state index in [9.17, 15) is 22.7 Å². The fraction of sp³-hybridized carbons (Fsp3) is 0.364. The quantitative estimate of drug-likeness (QED) is 0.580. The summed E-state index contributed by atoms with van der Waals surface area (Å²) < 4.78 is 48.9. The zero-order valence-electron chi connectivity index (χ0n) is 17.7. The molecule has 2 aromatic heterocycles. The van der Waals surface area contributed by atoms with Gasteiger partial charge in [-0.25, -0.2) is 17.8 Å². The Bertz CT molecular complexity index is 1270. The highest BCUT2D eigenvalue weighted by Crippen LogP contribution is 2.36. The van der Waals surface area contributed by atoms with Crippen LogP contribution in [0.25, 0.3) is 11.0 Å². The van der Waals surface area contributed by atoms with Crippen molar-refractivity contribution in [3.05, 3.63) is 54.1 Å². The molecule has 1 aliphatic rings. The summed E-state index contributed by atoms with van der Waals surface area (Å²) in [5, 5.41) is 9.99. The lowest BCUT2D eigenvalue weighted by Gasteiger charge is -2.18. The molecule has 1 aromatic carbocycles. The van der Waals surface area contributed by atoms with Crippen molar-refractivity contribution in [3.63, 3.8) is 0 Å². The zero-order chi connectivity index (χ0) is 23.0. The molecule has 0 saturated carbocycles. The normalized spacial score (nSPS) is 17.3. The summed E-state index contributed by atoms with van der Waals surface area (Å²) in [5.41, 5.74) is 1.41. The Morgan fingerprint density at radius 2 is 2.12 bits per heavy atom. The molecule has 8 nitrogen and oxygen atoms in total. The van der Waals surface area contributed by atoms with Crippen LogP contribution in [0, 0.1) is 5.82 Å². The molecule has 10 heteroatoms. The minimum Gasteiger partial charge on any atom is -0.488 e. The number of ether oxygens (including phenoxy) is 1. The van der Waals surface area contributed by atoms with Crippen molar-refractivity contribution in [2.45, 2.75) is 43.7 Å². The first kappa shape index (κ1) is 22.2. The number of sulfonamides is 1. The van der Waals surface area contributed by atoms with Crippen molar-refractivity contribution in [2.75, 3.05) is 13.1 Å². The molecular formula is C22H24FN3O5S. The molecule has 1 N–H and O–H groups in total. The number of nitrogens with zero attached hydrogens (tertiary/aromatic N) is 3. The molecule has 0 aliphatic carbocycles. The van der Waals surface area contributed by atoms with Crippen LogP contribution in [0.5, 0.6) is 5.75 Å². The van der Waals surface area contributed by atoms with Gasteiger partial charge in [0.1, 0.15) is 12.2 Å². The maximum Gasteiger partial charge on any atom is 0.323 e. The van der Waals surface area contributed by atoms with Crippen LogP contribution in [0.2, 0.25) is 0 Å². The monoisotopic (exact) mass is 461 g/mol. The maximum absolute atomic E-state index is 14.4. The van der Waals surface area contributed by atoms with Gasteiger partial charge in [-0.1, -0.05) is 0 Å². The summed E-state index contributed by atoms with van der Waals surface area (Å²) >= 11 is 0. The van der Waals surface area contributed by atoms with Gasteiger partial charge in [-0.05, 0) is 56.2 Å². The highest BCUT2D eigenvalue weighted by molar-refractivity contribution is 7.89.